The Hall–Kier alpha value is -0.0500. The highest BCUT2D eigenvalue weighted by Gasteiger charge is 2.00. The summed E-state index contributed by atoms with van der Waals surface area (Å²) in [6.07, 6.45) is 0. The highest BCUT2D eigenvalue weighted by Crippen LogP contribution is 2.19. The molecule has 0 heterocycles. The summed E-state index contributed by atoms with van der Waals surface area (Å²) in [5, 5.41) is 0. The molecule has 0 spiro atoms. The zero-order chi connectivity index (χ0) is 8.43. The first-order valence-electron chi connectivity index (χ1n) is 3.63. The Morgan fingerprint density at radius 3 is 2.42 bits per heavy atom. The van der Waals surface area contributed by atoms with Crippen molar-refractivity contribution in [1.29, 1.82) is 0 Å². The molecule has 2 N–H and O–H groups in total. The minimum absolute atomic E-state index is 0. The molecule has 1 aromatic carbocycles. The molecular formula is C9H13BrClN. The maximum Gasteiger partial charge on any atom is 0.0266 e. The Balaban J connectivity index is 0.00000121. The number of hydrogen-bond acceptors (Lipinski definition) is 1. The quantitative estimate of drug-likeness (QED) is 0.814. The van der Waals surface area contributed by atoms with E-state index in [9.17, 15) is 0 Å². The number of hydrogen-bond donors (Lipinski definition) is 1. The number of benzene rings is 1. The van der Waals surface area contributed by atoms with Crippen molar-refractivity contribution in [1.82, 2.24) is 0 Å². The topological polar surface area (TPSA) is 26.0 Å². The first kappa shape index (κ1) is 11.9. The molecule has 0 aliphatic heterocycles. The van der Waals surface area contributed by atoms with Gasteiger partial charge in [0.15, 0.2) is 0 Å². The van der Waals surface area contributed by atoms with Gasteiger partial charge in [0, 0.05) is 10.5 Å². The number of rotatable bonds is 1. The molecule has 1 nitrogen and oxygen atoms in total. The monoisotopic (exact) mass is 249 g/mol. The zero-order valence-corrected chi connectivity index (χ0v) is 9.58. The smallest absolute Gasteiger partial charge is 0.0266 e. The van der Waals surface area contributed by atoms with Gasteiger partial charge in [-0.3, -0.25) is 0 Å². The standard InChI is InChI=1S/C9H12BrN.ClH/c1-6-5-8(7(2)11)3-4-9(6)10;/h3-5,7H,11H2,1-2H3;1H/t7-;/m1./s1. The maximum atomic E-state index is 5.72. The second-order valence-electron chi connectivity index (χ2n) is 2.80. The molecule has 12 heavy (non-hydrogen) atoms. The van der Waals surface area contributed by atoms with Crippen LogP contribution in [0.3, 0.4) is 0 Å². The molecule has 0 amide bonds. The molecule has 1 atom stereocenters. The van der Waals surface area contributed by atoms with Crippen LogP contribution in [0.5, 0.6) is 0 Å². The van der Waals surface area contributed by atoms with Crippen molar-refractivity contribution >= 4 is 28.3 Å². The summed E-state index contributed by atoms with van der Waals surface area (Å²) in [5.41, 5.74) is 8.14. The van der Waals surface area contributed by atoms with E-state index in [1.807, 2.05) is 19.1 Å². The van der Waals surface area contributed by atoms with E-state index in [0.29, 0.717) is 0 Å². The lowest BCUT2D eigenvalue weighted by Crippen LogP contribution is -2.04. The first-order chi connectivity index (χ1) is 5.11. The first-order valence-corrected chi connectivity index (χ1v) is 4.42. The van der Waals surface area contributed by atoms with Gasteiger partial charge in [0.1, 0.15) is 0 Å². The van der Waals surface area contributed by atoms with Crippen molar-refractivity contribution in [3.05, 3.63) is 33.8 Å². The fraction of sp³-hybridized carbons (Fsp3) is 0.333. The summed E-state index contributed by atoms with van der Waals surface area (Å²) in [5.74, 6) is 0. The van der Waals surface area contributed by atoms with Crippen molar-refractivity contribution in [2.45, 2.75) is 19.9 Å². The van der Waals surface area contributed by atoms with Gasteiger partial charge in [-0.1, -0.05) is 28.1 Å². The molecule has 0 fully saturated rings. The number of aryl methyl sites for hydroxylation is 1. The van der Waals surface area contributed by atoms with Gasteiger partial charge in [-0.05, 0) is 31.0 Å². The van der Waals surface area contributed by atoms with Gasteiger partial charge in [-0.25, -0.2) is 0 Å². The lowest BCUT2D eigenvalue weighted by atomic mass is 10.1. The van der Waals surface area contributed by atoms with Crippen LogP contribution in [0.4, 0.5) is 0 Å². The van der Waals surface area contributed by atoms with E-state index >= 15 is 0 Å². The Morgan fingerprint density at radius 1 is 1.42 bits per heavy atom. The van der Waals surface area contributed by atoms with Gasteiger partial charge in [-0.15, -0.1) is 12.4 Å². The van der Waals surface area contributed by atoms with E-state index in [2.05, 4.69) is 28.9 Å². The molecule has 0 aromatic heterocycles. The maximum absolute atomic E-state index is 5.72. The van der Waals surface area contributed by atoms with E-state index < -0.39 is 0 Å². The van der Waals surface area contributed by atoms with Crippen LogP contribution in [-0.2, 0) is 0 Å². The van der Waals surface area contributed by atoms with Crippen molar-refractivity contribution < 1.29 is 0 Å². The van der Waals surface area contributed by atoms with Gasteiger partial charge in [0.25, 0.3) is 0 Å². The Labute approximate surface area is 87.9 Å². The van der Waals surface area contributed by atoms with E-state index in [0.717, 1.165) is 4.47 Å². The van der Waals surface area contributed by atoms with Gasteiger partial charge < -0.3 is 5.73 Å². The minimum Gasteiger partial charge on any atom is -0.324 e. The molecule has 0 bridgehead atoms. The largest absolute Gasteiger partial charge is 0.324 e. The third kappa shape index (κ3) is 2.77. The Bertz CT molecular complexity index is 261. The van der Waals surface area contributed by atoms with Crippen LogP contribution in [0.1, 0.15) is 24.1 Å². The van der Waals surface area contributed by atoms with E-state index in [-0.39, 0.29) is 18.4 Å². The normalized spacial score (nSPS) is 12.0. The predicted molar refractivity (Wildman–Crippen MR) is 58.7 cm³/mol. The van der Waals surface area contributed by atoms with Gasteiger partial charge in [0.2, 0.25) is 0 Å². The molecule has 0 unspecified atom stereocenters. The van der Waals surface area contributed by atoms with Crippen LogP contribution >= 0.6 is 28.3 Å². The van der Waals surface area contributed by atoms with Crippen LogP contribution in [0, 0.1) is 6.92 Å². The van der Waals surface area contributed by atoms with Crippen molar-refractivity contribution in [3.63, 3.8) is 0 Å². The van der Waals surface area contributed by atoms with Gasteiger partial charge in [0.05, 0.1) is 0 Å². The molecule has 68 valence electrons. The van der Waals surface area contributed by atoms with Crippen molar-refractivity contribution in [2.24, 2.45) is 5.73 Å². The van der Waals surface area contributed by atoms with Gasteiger partial charge in [-0.2, -0.15) is 0 Å². The van der Waals surface area contributed by atoms with Crippen LogP contribution < -0.4 is 5.73 Å². The summed E-state index contributed by atoms with van der Waals surface area (Å²) in [6.45, 7) is 4.05. The molecule has 0 aliphatic carbocycles. The highest BCUT2D eigenvalue weighted by molar-refractivity contribution is 9.10. The molecule has 0 saturated heterocycles. The summed E-state index contributed by atoms with van der Waals surface area (Å²) >= 11 is 3.44. The number of halogens is 2. The third-order valence-electron chi connectivity index (χ3n) is 1.71. The molecule has 1 aromatic rings. The average molecular weight is 251 g/mol. The summed E-state index contributed by atoms with van der Waals surface area (Å²) in [7, 11) is 0. The Morgan fingerprint density at radius 2 is 2.00 bits per heavy atom. The average Bonchev–Trinajstić information content (AvgIpc) is 1.94. The van der Waals surface area contributed by atoms with E-state index in [1.165, 1.54) is 11.1 Å². The molecule has 0 aliphatic rings. The second kappa shape index (κ2) is 4.85. The second-order valence-corrected chi connectivity index (χ2v) is 3.65. The SMILES string of the molecule is Cc1cc([C@@H](C)N)ccc1Br.Cl. The molecule has 3 heteroatoms. The lowest BCUT2D eigenvalue weighted by molar-refractivity contribution is 0.816. The third-order valence-corrected chi connectivity index (χ3v) is 2.60. The minimum atomic E-state index is 0. The summed E-state index contributed by atoms with van der Waals surface area (Å²) < 4.78 is 1.14. The molecule has 0 saturated carbocycles. The molecule has 1 rings (SSSR count). The highest BCUT2D eigenvalue weighted by atomic mass is 79.9. The fourth-order valence-corrected chi connectivity index (χ4v) is 1.20. The number of nitrogens with two attached hydrogens (primary N) is 1. The Kier molecular flexibility index (Phi) is 4.83. The van der Waals surface area contributed by atoms with E-state index in [1.54, 1.807) is 0 Å². The zero-order valence-electron chi connectivity index (χ0n) is 7.17. The van der Waals surface area contributed by atoms with E-state index in [4.69, 9.17) is 5.73 Å². The summed E-state index contributed by atoms with van der Waals surface area (Å²) in [4.78, 5) is 0. The van der Waals surface area contributed by atoms with Crippen molar-refractivity contribution in [2.75, 3.05) is 0 Å². The lowest BCUT2D eigenvalue weighted by Gasteiger charge is -2.06. The molecular weight excluding hydrogens is 237 g/mol. The molecule has 0 radical (unpaired) electrons. The predicted octanol–water partition coefficient (Wildman–Crippen LogP) is 3.20. The van der Waals surface area contributed by atoms with Crippen LogP contribution in [0.25, 0.3) is 0 Å². The van der Waals surface area contributed by atoms with Crippen LogP contribution in [0.15, 0.2) is 22.7 Å². The van der Waals surface area contributed by atoms with Crippen LogP contribution in [0.2, 0.25) is 0 Å². The summed E-state index contributed by atoms with van der Waals surface area (Å²) in [6, 6.07) is 6.31. The fourth-order valence-electron chi connectivity index (χ4n) is 0.951. The van der Waals surface area contributed by atoms with Gasteiger partial charge >= 0.3 is 0 Å². The van der Waals surface area contributed by atoms with Crippen LogP contribution in [-0.4, -0.2) is 0 Å². The van der Waals surface area contributed by atoms with Crippen molar-refractivity contribution in [3.8, 4) is 0 Å².